The monoisotopic (exact) mass is 493 g/mol. The number of amides is 2. The highest BCUT2D eigenvalue weighted by atomic mass is 32.2. The van der Waals surface area contributed by atoms with Crippen molar-refractivity contribution < 1.29 is 27.1 Å². The molecule has 0 unspecified atom stereocenters. The van der Waals surface area contributed by atoms with Crippen LogP contribution in [0.4, 0.5) is 10.1 Å². The number of methoxy groups -OCH3 is 1. The second-order valence-corrected chi connectivity index (χ2v) is 9.74. The van der Waals surface area contributed by atoms with Crippen molar-refractivity contribution in [1.82, 2.24) is 10.2 Å². The number of anilines is 1. The van der Waals surface area contributed by atoms with Crippen molar-refractivity contribution in [3.63, 3.8) is 0 Å². The molecule has 0 aliphatic carbocycles. The molecule has 10 heteroatoms. The van der Waals surface area contributed by atoms with Crippen LogP contribution in [-0.2, 0) is 26.2 Å². The third-order valence-corrected chi connectivity index (χ3v) is 6.47. The summed E-state index contributed by atoms with van der Waals surface area (Å²) < 4.78 is 44.7. The maximum absolute atomic E-state index is 13.3. The third kappa shape index (κ3) is 7.44. The van der Waals surface area contributed by atoms with Gasteiger partial charge in [0.05, 0.1) is 19.1 Å². The summed E-state index contributed by atoms with van der Waals surface area (Å²) >= 11 is 0. The smallest absolute Gasteiger partial charge is 0.242 e. The molecule has 2 aromatic rings. The first kappa shape index (κ1) is 27.1. The Morgan fingerprint density at radius 2 is 1.76 bits per heavy atom. The van der Waals surface area contributed by atoms with Gasteiger partial charge in [0.2, 0.25) is 21.8 Å². The van der Waals surface area contributed by atoms with Crippen LogP contribution in [0.1, 0.15) is 32.3 Å². The highest BCUT2D eigenvalue weighted by molar-refractivity contribution is 7.92. The van der Waals surface area contributed by atoms with Gasteiger partial charge in [-0.15, -0.1) is 0 Å². The van der Waals surface area contributed by atoms with Gasteiger partial charge >= 0.3 is 0 Å². The second kappa shape index (κ2) is 12.4. The molecule has 0 aliphatic rings. The fraction of sp³-hybridized carbons (Fsp3) is 0.417. The van der Waals surface area contributed by atoms with Gasteiger partial charge in [0.1, 0.15) is 17.6 Å². The highest BCUT2D eigenvalue weighted by Gasteiger charge is 2.27. The zero-order valence-corrected chi connectivity index (χ0v) is 20.8. The van der Waals surface area contributed by atoms with E-state index in [4.69, 9.17) is 4.74 Å². The average Bonchev–Trinajstić information content (AvgIpc) is 2.80. The summed E-state index contributed by atoms with van der Waals surface area (Å²) in [5.74, 6) is -0.598. The number of likely N-dealkylation sites (N-methyl/N-ethyl adjacent to an activating group) is 1. The topological polar surface area (TPSA) is 96.0 Å². The van der Waals surface area contributed by atoms with Gasteiger partial charge in [-0.05, 0) is 50.1 Å². The summed E-state index contributed by atoms with van der Waals surface area (Å²) in [7, 11) is -2.17. The Balaban J connectivity index is 2.17. The predicted octanol–water partition coefficient (Wildman–Crippen LogP) is 2.93. The molecule has 0 spiro atoms. The molecule has 1 atom stereocenters. The number of hydrogen-bond acceptors (Lipinski definition) is 5. The van der Waals surface area contributed by atoms with Gasteiger partial charge in [-0.1, -0.05) is 24.3 Å². The number of halogens is 1. The SMILES string of the molecule is CCNC(=O)[C@H](C)N(Cc1ccc(F)cc1)C(=O)CCCN(c1ccccc1OC)S(C)(=O)=O. The van der Waals surface area contributed by atoms with Crippen LogP contribution in [0, 0.1) is 5.82 Å². The number of nitrogens with zero attached hydrogens (tertiary/aromatic N) is 2. The van der Waals surface area contributed by atoms with Crippen LogP contribution in [-0.4, -0.2) is 57.6 Å². The molecule has 2 rings (SSSR count). The van der Waals surface area contributed by atoms with Crippen LogP contribution in [0.2, 0.25) is 0 Å². The number of benzene rings is 2. The first-order valence-corrected chi connectivity index (χ1v) is 12.9. The maximum Gasteiger partial charge on any atom is 0.242 e. The van der Waals surface area contributed by atoms with Crippen LogP contribution in [0.3, 0.4) is 0 Å². The van der Waals surface area contributed by atoms with E-state index >= 15 is 0 Å². The van der Waals surface area contributed by atoms with Crippen molar-refractivity contribution in [2.75, 3.05) is 30.8 Å². The molecule has 2 amide bonds. The number of hydrogen-bond donors (Lipinski definition) is 1. The van der Waals surface area contributed by atoms with Crippen molar-refractivity contribution in [3.05, 3.63) is 59.9 Å². The quantitative estimate of drug-likeness (QED) is 0.491. The maximum atomic E-state index is 13.3. The van der Waals surface area contributed by atoms with Gasteiger partial charge in [0, 0.05) is 26.1 Å². The van der Waals surface area contributed by atoms with E-state index in [2.05, 4.69) is 5.32 Å². The van der Waals surface area contributed by atoms with Gasteiger partial charge in [-0.25, -0.2) is 12.8 Å². The summed E-state index contributed by atoms with van der Waals surface area (Å²) in [5, 5.41) is 2.71. The summed E-state index contributed by atoms with van der Waals surface area (Å²) in [4.78, 5) is 27.0. The second-order valence-electron chi connectivity index (χ2n) is 7.83. The van der Waals surface area contributed by atoms with Crippen molar-refractivity contribution >= 4 is 27.5 Å². The number of carbonyl (C=O) groups excluding carboxylic acids is 2. The zero-order valence-electron chi connectivity index (χ0n) is 20.0. The fourth-order valence-electron chi connectivity index (χ4n) is 3.51. The van der Waals surface area contributed by atoms with Gasteiger partial charge in [0.15, 0.2) is 0 Å². The summed E-state index contributed by atoms with van der Waals surface area (Å²) in [6.07, 6.45) is 1.34. The number of ether oxygens (including phenoxy) is 1. The minimum atomic E-state index is -3.63. The van der Waals surface area contributed by atoms with Crippen LogP contribution in [0.15, 0.2) is 48.5 Å². The predicted molar refractivity (Wildman–Crippen MR) is 130 cm³/mol. The molecule has 186 valence electrons. The summed E-state index contributed by atoms with van der Waals surface area (Å²) in [6.45, 7) is 4.02. The van der Waals surface area contributed by atoms with E-state index in [0.29, 0.717) is 23.5 Å². The molecule has 34 heavy (non-hydrogen) atoms. The molecular weight excluding hydrogens is 461 g/mol. The molecule has 0 aromatic heterocycles. The number of para-hydroxylation sites is 2. The standard InChI is InChI=1S/C24H32FN3O5S/c1-5-26-24(30)18(2)27(17-19-12-14-20(25)15-13-19)23(29)11-8-16-28(34(4,31)32)21-9-6-7-10-22(21)33-3/h6-7,9-10,12-15,18H,5,8,11,16-17H2,1-4H3,(H,26,30)/t18-/m0/s1. The number of sulfonamides is 1. The van der Waals surface area contributed by atoms with Crippen molar-refractivity contribution in [1.29, 1.82) is 0 Å². The molecule has 0 radical (unpaired) electrons. The first-order valence-electron chi connectivity index (χ1n) is 11.0. The Bertz CT molecular complexity index is 1080. The number of rotatable bonds is 12. The van der Waals surface area contributed by atoms with Gasteiger partial charge in [0.25, 0.3) is 0 Å². The average molecular weight is 494 g/mol. The van der Waals surface area contributed by atoms with Crippen molar-refractivity contribution in [2.24, 2.45) is 0 Å². The Hall–Kier alpha value is -3.14. The molecule has 0 aliphatic heterocycles. The first-order chi connectivity index (χ1) is 16.1. The molecular formula is C24H32FN3O5S. The lowest BCUT2D eigenvalue weighted by molar-refractivity contribution is -0.140. The summed E-state index contributed by atoms with van der Waals surface area (Å²) in [5.41, 5.74) is 1.07. The van der Waals surface area contributed by atoms with Crippen LogP contribution < -0.4 is 14.4 Å². The van der Waals surface area contributed by atoms with Crippen LogP contribution >= 0.6 is 0 Å². The van der Waals surface area contributed by atoms with Crippen LogP contribution in [0.25, 0.3) is 0 Å². The molecule has 1 N–H and O–H groups in total. The molecule has 0 saturated carbocycles. The minimum Gasteiger partial charge on any atom is -0.495 e. The van der Waals surface area contributed by atoms with E-state index in [9.17, 15) is 22.4 Å². The summed E-state index contributed by atoms with van der Waals surface area (Å²) in [6, 6.07) is 11.7. The normalized spacial score (nSPS) is 12.0. The lowest BCUT2D eigenvalue weighted by atomic mass is 10.1. The minimum absolute atomic E-state index is 0.0199. The van der Waals surface area contributed by atoms with E-state index in [0.717, 1.165) is 6.26 Å². The molecule has 2 aromatic carbocycles. The molecule has 0 saturated heterocycles. The van der Waals surface area contributed by atoms with Gasteiger partial charge in [-0.3, -0.25) is 13.9 Å². The van der Waals surface area contributed by atoms with Crippen molar-refractivity contribution in [3.8, 4) is 5.75 Å². The van der Waals surface area contributed by atoms with E-state index in [1.54, 1.807) is 50.2 Å². The van der Waals surface area contributed by atoms with E-state index in [1.807, 2.05) is 0 Å². The molecule has 8 nitrogen and oxygen atoms in total. The Morgan fingerprint density at radius 3 is 2.35 bits per heavy atom. The van der Waals surface area contributed by atoms with Crippen LogP contribution in [0.5, 0.6) is 5.75 Å². The number of carbonyl (C=O) groups is 2. The lowest BCUT2D eigenvalue weighted by Gasteiger charge is -2.29. The Kier molecular flexibility index (Phi) is 9.85. The lowest BCUT2D eigenvalue weighted by Crippen LogP contribution is -2.47. The Labute approximate surface area is 200 Å². The molecule has 0 heterocycles. The molecule has 0 bridgehead atoms. The Morgan fingerprint density at radius 1 is 1.12 bits per heavy atom. The third-order valence-electron chi connectivity index (χ3n) is 5.29. The van der Waals surface area contributed by atoms with E-state index < -0.39 is 21.9 Å². The largest absolute Gasteiger partial charge is 0.495 e. The molecule has 0 fully saturated rings. The van der Waals surface area contributed by atoms with Crippen molar-refractivity contribution in [2.45, 2.75) is 39.3 Å². The highest BCUT2D eigenvalue weighted by Crippen LogP contribution is 2.29. The zero-order chi connectivity index (χ0) is 25.3. The fourth-order valence-corrected chi connectivity index (χ4v) is 4.48. The number of nitrogens with one attached hydrogen (secondary N) is 1. The van der Waals surface area contributed by atoms with E-state index in [1.165, 1.54) is 28.4 Å². The van der Waals surface area contributed by atoms with E-state index in [-0.39, 0.29) is 37.7 Å². The van der Waals surface area contributed by atoms with Gasteiger partial charge < -0.3 is 15.0 Å². The van der Waals surface area contributed by atoms with Gasteiger partial charge in [-0.2, -0.15) is 0 Å².